The summed E-state index contributed by atoms with van der Waals surface area (Å²) in [5, 5.41) is 0. The molecule has 1 aromatic carbocycles. The molecule has 0 amide bonds. The van der Waals surface area contributed by atoms with Crippen LogP contribution in [0.4, 0.5) is 0 Å². The van der Waals surface area contributed by atoms with E-state index in [0.717, 1.165) is 0 Å². The van der Waals surface area contributed by atoms with Gasteiger partial charge in [-0.25, -0.2) is 0 Å². The Balaban J connectivity index is 1.98. The lowest BCUT2D eigenvalue weighted by Crippen LogP contribution is -2.46. The minimum absolute atomic E-state index is 0.0885. The molecule has 1 aromatic rings. The van der Waals surface area contributed by atoms with Crippen molar-refractivity contribution in [2.45, 2.75) is 71.5 Å². The molecule has 2 heteroatoms. The minimum Gasteiger partial charge on any atom is -0.323 e. The van der Waals surface area contributed by atoms with E-state index in [1.54, 1.807) is 0 Å². The molecule has 2 N–H and O–H groups in total. The zero-order chi connectivity index (χ0) is 15.6. The summed E-state index contributed by atoms with van der Waals surface area (Å²) >= 11 is 0. The van der Waals surface area contributed by atoms with Gasteiger partial charge in [-0.1, -0.05) is 43.7 Å². The molecule has 0 bridgehead atoms. The van der Waals surface area contributed by atoms with Crippen LogP contribution in [0.3, 0.4) is 0 Å². The molecule has 1 aliphatic carbocycles. The van der Waals surface area contributed by atoms with E-state index in [0.29, 0.717) is 17.5 Å². The molecular weight excluding hydrogens is 256 g/mol. The highest BCUT2D eigenvalue weighted by atomic mass is 15.2. The standard InChI is InChI=1S/C19H32N2/c1-14-6-8-16(9-7-14)18(20)15(2)21(5)17-10-12-19(3,4)13-11-17/h6-9,15,17-18H,10-13,20H2,1-5H3. The quantitative estimate of drug-likeness (QED) is 0.896. The van der Waals surface area contributed by atoms with Crippen molar-refractivity contribution < 1.29 is 0 Å². The predicted molar refractivity (Wildman–Crippen MR) is 91.4 cm³/mol. The molecule has 2 atom stereocenters. The van der Waals surface area contributed by atoms with Crippen LogP contribution in [0.2, 0.25) is 0 Å². The van der Waals surface area contributed by atoms with E-state index >= 15 is 0 Å². The summed E-state index contributed by atoms with van der Waals surface area (Å²) in [7, 11) is 2.25. The normalized spacial score (nSPS) is 22.2. The lowest BCUT2D eigenvalue weighted by atomic mass is 9.75. The van der Waals surface area contributed by atoms with Gasteiger partial charge in [0.25, 0.3) is 0 Å². The molecule has 0 spiro atoms. The molecule has 0 aliphatic heterocycles. The number of aryl methyl sites for hydroxylation is 1. The minimum atomic E-state index is 0.0885. The third-order valence-electron chi connectivity index (χ3n) is 5.51. The summed E-state index contributed by atoms with van der Waals surface area (Å²) in [5.74, 6) is 0. The van der Waals surface area contributed by atoms with E-state index in [2.05, 4.69) is 63.9 Å². The Morgan fingerprint density at radius 3 is 2.19 bits per heavy atom. The Morgan fingerprint density at radius 2 is 1.67 bits per heavy atom. The van der Waals surface area contributed by atoms with Gasteiger partial charge in [0.2, 0.25) is 0 Å². The Labute approximate surface area is 130 Å². The van der Waals surface area contributed by atoms with Crippen LogP contribution >= 0.6 is 0 Å². The van der Waals surface area contributed by atoms with Crippen LogP contribution in [0.1, 0.15) is 63.6 Å². The molecule has 0 aromatic heterocycles. The fourth-order valence-corrected chi connectivity index (χ4v) is 3.44. The highest BCUT2D eigenvalue weighted by molar-refractivity contribution is 5.24. The van der Waals surface area contributed by atoms with E-state index in [4.69, 9.17) is 5.73 Å². The maximum Gasteiger partial charge on any atom is 0.0450 e. The van der Waals surface area contributed by atoms with E-state index in [9.17, 15) is 0 Å². The number of likely N-dealkylation sites (N-methyl/N-ethyl adjacent to an activating group) is 1. The van der Waals surface area contributed by atoms with Crippen LogP contribution in [0.15, 0.2) is 24.3 Å². The molecule has 0 radical (unpaired) electrons. The van der Waals surface area contributed by atoms with Gasteiger partial charge >= 0.3 is 0 Å². The van der Waals surface area contributed by atoms with Crippen molar-refractivity contribution in [3.63, 3.8) is 0 Å². The van der Waals surface area contributed by atoms with E-state index in [1.165, 1.54) is 36.8 Å². The third kappa shape index (κ3) is 4.08. The fourth-order valence-electron chi connectivity index (χ4n) is 3.44. The monoisotopic (exact) mass is 288 g/mol. The first kappa shape index (κ1) is 16.5. The Morgan fingerprint density at radius 1 is 1.14 bits per heavy atom. The number of hydrogen-bond donors (Lipinski definition) is 1. The molecule has 2 nitrogen and oxygen atoms in total. The van der Waals surface area contributed by atoms with Gasteiger partial charge < -0.3 is 5.73 Å². The number of benzene rings is 1. The summed E-state index contributed by atoms with van der Waals surface area (Å²) in [6.07, 6.45) is 5.26. The average molecular weight is 288 g/mol. The number of nitrogens with zero attached hydrogens (tertiary/aromatic N) is 1. The largest absolute Gasteiger partial charge is 0.323 e. The van der Waals surface area contributed by atoms with Crippen LogP contribution in [0, 0.1) is 12.3 Å². The molecule has 1 saturated carbocycles. The summed E-state index contributed by atoms with van der Waals surface area (Å²) in [6, 6.07) is 9.81. The molecule has 1 fully saturated rings. The van der Waals surface area contributed by atoms with Crippen molar-refractivity contribution in [2.24, 2.45) is 11.1 Å². The number of rotatable bonds is 4. The molecule has 2 rings (SSSR count). The van der Waals surface area contributed by atoms with Crippen LogP contribution in [-0.4, -0.2) is 24.0 Å². The highest BCUT2D eigenvalue weighted by Crippen LogP contribution is 2.37. The average Bonchev–Trinajstić information content (AvgIpc) is 2.46. The topological polar surface area (TPSA) is 29.3 Å². The maximum atomic E-state index is 6.51. The van der Waals surface area contributed by atoms with Crippen molar-refractivity contribution in [1.29, 1.82) is 0 Å². The van der Waals surface area contributed by atoms with Gasteiger partial charge in [0.15, 0.2) is 0 Å². The van der Waals surface area contributed by atoms with E-state index in [-0.39, 0.29) is 6.04 Å². The molecule has 0 heterocycles. The summed E-state index contributed by atoms with van der Waals surface area (Å²) < 4.78 is 0. The lowest BCUT2D eigenvalue weighted by molar-refractivity contribution is 0.0904. The Bertz CT molecular complexity index is 439. The van der Waals surface area contributed by atoms with Crippen molar-refractivity contribution in [2.75, 3.05) is 7.05 Å². The van der Waals surface area contributed by atoms with Gasteiger partial charge in [0.1, 0.15) is 0 Å². The molecule has 21 heavy (non-hydrogen) atoms. The zero-order valence-corrected chi connectivity index (χ0v) is 14.4. The first-order valence-corrected chi connectivity index (χ1v) is 8.34. The van der Waals surface area contributed by atoms with Crippen LogP contribution < -0.4 is 5.73 Å². The fraction of sp³-hybridized carbons (Fsp3) is 0.684. The molecule has 1 aliphatic rings. The summed E-state index contributed by atoms with van der Waals surface area (Å²) in [5.41, 5.74) is 9.57. The van der Waals surface area contributed by atoms with Gasteiger partial charge in [0.05, 0.1) is 0 Å². The lowest BCUT2D eigenvalue weighted by Gasteiger charge is -2.42. The molecule has 0 saturated heterocycles. The van der Waals surface area contributed by atoms with Gasteiger partial charge in [-0.3, -0.25) is 4.90 Å². The van der Waals surface area contributed by atoms with Crippen LogP contribution in [0.5, 0.6) is 0 Å². The second-order valence-electron chi connectivity index (χ2n) is 7.74. The van der Waals surface area contributed by atoms with E-state index in [1.807, 2.05) is 0 Å². The smallest absolute Gasteiger partial charge is 0.0450 e. The van der Waals surface area contributed by atoms with E-state index < -0.39 is 0 Å². The predicted octanol–water partition coefficient (Wildman–Crippen LogP) is 4.28. The Kier molecular flexibility index (Phi) is 5.11. The molecule has 118 valence electrons. The SMILES string of the molecule is Cc1ccc(C(N)C(C)N(C)C2CCC(C)(C)CC2)cc1. The van der Waals surface area contributed by atoms with Gasteiger partial charge in [0, 0.05) is 18.1 Å². The second kappa shape index (κ2) is 6.50. The number of hydrogen-bond acceptors (Lipinski definition) is 2. The summed E-state index contributed by atoms with van der Waals surface area (Å²) in [6.45, 7) is 9.17. The van der Waals surface area contributed by atoms with Crippen LogP contribution in [-0.2, 0) is 0 Å². The van der Waals surface area contributed by atoms with Crippen molar-refractivity contribution in [3.8, 4) is 0 Å². The second-order valence-corrected chi connectivity index (χ2v) is 7.74. The van der Waals surface area contributed by atoms with Crippen LogP contribution in [0.25, 0.3) is 0 Å². The van der Waals surface area contributed by atoms with Crippen molar-refractivity contribution in [3.05, 3.63) is 35.4 Å². The Hall–Kier alpha value is -0.860. The maximum absolute atomic E-state index is 6.51. The summed E-state index contributed by atoms with van der Waals surface area (Å²) in [4.78, 5) is 2.51. The molecule has 2 unspecified atom stereocenters. The van der Waals surface area contributed by atoms with Crippen molar-refractivity contribution >= 4 is 0 Å². The van der Waals surface area contributed by atoms with Gasteiger partial charge in [-0.15, -0.1) is 0 Å². The number of nitrogens with two attached hydrogens (primary N) is 1. The van der Waals surface area contributed by atoms with Crippen molar-refractivity contribution in [1.82, 2.24) is 4.90 Å². The third-order valence-corrected chi connectivity index (χ3v) is 5.51. The zero-order valence-electron chi connectivity index (χ0n) is 14.4. The first-order chi connectivity index (χ1) is 9.80. The van der Waals surface area contributed by atoms with Gasteiger partial charge in [-0.2, -0.15) is 0 Å². The first-order valence-electron chi connectivity index (χ1n) is 8.34. The van der Waals surface area contributed by atoms with Gasteiger partial charge in [-0.05, 0) is 57.6 Å². The molecular formula is C19H32N2. The highest BCUT2D eigenvalue weighted by Gasteiger charge is 2.31.